The van der Waals surface area contributed by atoms with Gasteiger partial charge >= 0.3 is 0 Å². The Morgan fingerprint density at radius 1 is 1.31 bits per heavy atom. The number of hydrogen-bond acceptors (Lipinski definition) is 5. The third kappa shape index (κ3) is 2.08. The molecule has 3 fully saturated rings. The summed E-state index contributed by atoms with van der Waals surface area (Å²) in [6.07, 6.45) is 7.68. The van der Waals surface area contributed by atoms with Gasteiger partial charge in [-0.15, -0.1) is 0 Å². The van der Waals surface area contributed by atoms with E-state index in [-0.39, 0.29) is 29.0 Å². The number of Topliss-reactive ketones (excluding diaryl/α,β-unsaturated/α-hetero) is 1. The number of allylic oxidation sites excluding steroid dienone is 4. The highest BCUT2D eigenvalue weighted by Crippen LogP contribution is 2.67. The lowest BCUT2D eigenvalue weighted by molar-refractivity contribution is -0.178. The smallest absolute Gasteiger partial charge is 0.190 e. The van der Waals surface area contributed by atoms with Crippen LogP contribution in [0.5, 0.6) is 0 Å². The van der Waals surface area contributed by atoms with E-state index >= 15 is 0 Å². The first kappa shape index (κ1) is 18.1. The van der Waals surface area contributed by atoms with Crippen molar-refractivity contribution in [2.24, 2.45) is 28.6 Å². The summed E-state index contributed by atoms with van der Waals surface area (Å²) in [5.41, 5.74) is -1.54. The van der Waals surface area contributed by atoms with Gasteiger partial charge in [0, 0.05) is 16.7 Å². The number of aliphatic hydroxyl groups is 3. The lowest BCUT2D eigenvalue weighted by atomic mass is 9.46. The van der Waals surface area contributed by atoms with E-state index in [2.05, 4.69) is 6.92 Å². The van der Waals surface area contributed by atoms with Gasteiger partial charge in [-0.2, -0.15) is 0 Å². The number of hydrogen-bond donors (Lipinski definition) is 3. The Labute approximate surface area is 153 Å². The highest BCUT2D eigenvalue weighted by atomic mass is 16.3. The van der Waals surface area contributed by atoms with E-state index in [1.54, 1.807) is 12.2 Å². The van der Waals surface area contributed by atoms with Crippen LogP contribution in [0.2, 0.25) is 0 Å². The molecule has 4 aliphatic rings. The van der Waals surface area contributed by atoms with Crippen LogP contribution in [0.25, 0.3) is 0 Å². The second-order valence-corrected chi connectivity index (χ2v) is 9.19. The Hall–Kier alpha value is -1.30. The monoisotopic (exact) mass is 360 g/mol. The molecule has 0 aliphatic heterocycles. The van der Waals surface area contributed by atoms with E-state index in [1.807, 2.05) is 13.0 Å². The van der Waals surface area contributed by atoms with Crippen LogP contribution in [-0.4, -0.2) is 45.2 Å². The topological polar surface area (TPSA) is 94.8 Å². The minimum atomic E-state index is -1.56. The second-order valence-electron chi connectivity index (χ2n) is 9.19. The van der Waals surface area contributed by atoms with Gasteiger partial charge in [-0.1, -0.05) is 25.5 Å². The maximum Gasteiger partial charge on any atom is 0.190 e. The third-order valence-electron chi connectivity index (χ3n) is 8.25. The number of ketones is 2. The molecule has 0 aromatic carbocycles. The van der Waals surface area contributed by atoms with Gasteiger partial charge in [0.2, 0.25) is 0 Å². The van der Waals surface area contributed by atoms with E-state index in [1.165, 1.54) is 0 Å². The van der Waals surface area contributed by atoms with Gasteiger partial charge in [0.25, 0.3) is 0 Å². The van der Waals surface area contributed by atoms with Gasteiger partial charge in [0.15, 0.2) is 11.6 Å². The largest absolute Gasteiger partial charge is 0.393 e. The first-order valence-electron chi connectivity index (χ1n) is 9.66. The van der Waals surface area contributed by atoms with E-state index in [0.717, 1.165) is 24.8 Å². The molecule has 0 saturated heterocycles. The van der Waals surface area contributed by atoms with Crippen molar-refractivity contribution < 1.29 is 24.9 Å². The minimum absolute atomic E-state index is 0.00912. The van der Waals surface area contributed by atoms with Gasteiger partial charge < -0.3 is 15.3 Å². The Morgan fingerprint density at radius 3 is 2.73 bits per heavy atom. The fourth-order valence-corrected chi connectivity index (χ4v) is 6.92. The van der Waals surface area contributed by atoms with Crippen LogP contribution in [0.1, 0.15) is 46.0 Å². The van der Waals surface area contributed by atoms with Gasteiger partial charge in [-0.05, 0) is 56.1 Å². The molecule has 3 N–H and O–H groups in total. The van der Waals surface area contributed by atoms with Crippen molar-refractivity contribution in [2.75, 3.05) is 6.61 Å². The standard InChI is InChI=1S/C21H28O5/c1-19-7-5-13(23)9-12(19)3-4-14-15-6-8-21(26,17(25)11-22)20(15,2)10-16(24)18(14)19/h5,7,9,14-16,18,22,24,26H,3-4,6,8,10-11H2,1-2H3/t14-,15-,16+,18+,19-,20-,21-/m0/s1. The Bertz CT molecular complexity index is 724. The summed E-state index contributed by atoms with van der Waals surface area (Å²) < 4.78 is 0. The summed E-state index contributed by atoms with van der Waals surface area (Å²) in [6.45, 7) is 3.34. The van der Waals surface area contributed by atoms with Crippen LogP contribution in [-0.2, 0) is 9.59 Å². The fourth-order valence-electron chi connectivity index (χ4n) is 6.92. The normalized spacial score (nSPS) is 49.9. The molecule has 0 spiro atoms. The molecule has 7 atom stereocenters. The summed E-state index contributed by atoms with van der Waals surface area (Å²) in [5, 5.41) is 31.7. The van der Waals surface area contributed by atoms with Crippen LogP contribution < -0.4 is 0 Å². The van der Waals surface area contributed by atoms with Crippen molar-refractivity contribution in [3.05, 3.63) is 23.8 Å². The molecule has 3 saturated carbocycles. The van der Waals surface area contributed by atoms with Crippen LogP contribution in [0.3, 0.4) is 0 Å². The predicted octanol–water partition coefficient (Wildman–Crippen LogP) is 1.56. The molecule has 0 aromatic rings. The molecule has 0 bridgehead atoms. The molecule has 0 amide bonds. The molecule has 5 nitrogen and oxygen atoms in total. The molecule has 4 aliphatic carbocycles. The summed E-state index contributed by atoms with van der Waals surface area (Å²) in [6, 6.07) is 0. The Balaban J connectivity index is 1.75. The van der Waals surface area contributed by atoms with Crippen molar-refractivity contribution in [2.45, 2.75) is 57.7 Å². The van der Waals surface area contributed by atoms with Gasteiger partial charge in [-0.25, -0.2) is 0 Å². The summed E-state index contributed by atoms with van der Waals surface area (Å²) >= 11 is 0. The molecule has 4 rings (SSSR count). The summed E-state index contributed by atoms with van der Waals surface area (Å²) in [5.74, 6) is -0.227. The number of carbonyl (C=O) groups is 2. The first-order chi connectivity index (χ1) is 12.2. The Morgan fingerprint density at radius 2 is 2.04 bits per heavy atom. The molecule has 0 radical (unpaired) electrons. The van der Waals surface area contributed by atoms with Crippen molar-refractivity contribution in [1.29, 1.82) is 0 Å². The molecule has 26 heavy (non-hydrogen) atoms. The third-order valence-corrected chi connectivity index (χ3v) is 8.25. The molecule has 0 unspecified atom stereocenters. The van der Waals surface area contributed by atoms with Crippen molar-refractivity contribution in [1.82, 2.24) is 0 Å². The number of fused-ring (bicyclic) bond motifs is 5. The lowest BCUT2D eigenvalue weighted by Gasteiger charge is -2.59. The van der Waals surface area contributed by atoms with Gasteiger partial charge in [-0.3, -0.25) is 9.59 Å². The molecule has 5 heteroatoms. The van der Waals surface area contributed by atoms with E-state index in [9.17, 15) is 24.9 Å². The Kier molecular flexibility index (Phi) is 3.89. The molecular formula is C21H28O5. The van der Waals surface area contributed by atoms with Crippen LogP contribution in [0.15, 0.2) is 23.8 Å². The van der Waals surface area contributed by atoms with Gasteiger partial charge in [0.05, 0.1) is 6.10 Å². The highest BCUT2D eigenvalue weighted by Gasteiger charge is 2.67. The number of rotatable bonds is 2. The number of aliphatic hydroxyl groups excluding tert-OH is 2. The van der Waals surface area contributed by atoms with Crippen LogP contribution >= 0.6 is 0 Å². The zero-order valence-electron chi connectivity index (χ0n) is 15.4. The zero-order chi connectivity index (χ0) is 18.9. The van der Waals surface area contributed by atoms with Crippen molar-refractivity contribution in [3.63, 3.8) is 0 Å². The van der Waals surface area contributed by atoms with Crippen molar-refractivity contribution in [3.8, 4) is 0 Å². The molecule has 142 valence electrons. The fraction of sp³-hybridized carbons (Fsp3) is 0.714. The minimum Gasteiger partial charge on any atom is -0.393 e. The van der Waals surface area contributed by atoms with Crippen LogP contribution in [0, 0.1) is 28.6 Å². The molecule has 0 heterocycles. The molecular weight excluding hydrogens is 332 g/mol. The van der Waals surface area contributed by atoms with E-state index in [0.29, 0.717) is 12.8 Å². The second kappa shape index (κ2) is 5.60. The maximum atomic E-state index is 12.4. The average molecular weight is 360 g/mol. The SMILES string of the molecule is C[C@]12C=CC(=O)C=C1CC[C@@H]1[C@@H]2[C@H](O)C[C@@]2(C)[C@H]1CC[C@]2(O)C(=O)CO. The predicted molar refractivity (Wildman–Crippen MR) is 95.0 cm³/mol. The maximum absolute atomic E-state index is 12.4. The number of carbonyl (C=O) groups excluding carboxylic acids is 2. The first-order valence-corrected chi connectivity index (χ1v) is 9.66. The lowest BCUT2D eigenvalue weighted by Crippen LogP contribution is -2.61. The molecule has 0 aromatic heterocycles. The summed E-state index contributed by atoms with van der Waals surface area (Å²) in [7, 11) is 0. The zero-order valence-corrected chi connectivity index (χ0v) is 15.4. The van der Waals surface area contributed by atoms with Crippen molar-refractivity contribution >= 4 is 11.6 Å². The average Bonchev–Trinajstić information content (AvgIpc) is 2.86. The highest BCUT2D eigenvalue weighted by molar-refractivity contribution is 6.01. The van der Waals surface area contributed by atoms with Gasteiger partial charge in [0.1, 0.15) is 12.2 Å². The van der Waals surface area contributed by atoms with E-state index < -0.39 is 29.5 Å². The van der Waals surface area contributed by atoms with E-state index in [4.69, 9.17) is 0 Å². The van der Waals surface area contributed by atoms with Crippen LogP contribution in [0.4, 0.5) is 0 Å². The quantitative estimate of drug-likeness (QED) is 0.695. The summed E-state index contributed by atoms with van der Waals surface area (Å²) in [4.78, 5) is 24.2.